The molecule has 1 aliphatic heterocycles. The summed E-state index contributed by atoms with van der Waals surface area (Å²) in [5, 5.41) is 3.58. The predicted octanol–water partition coefficient (Wildman–Crippen LogP) is 7.34. The molecule has 0 bridgehead atoms. The topological polar surface area (TPSA) is 78.5 Å². The van der Waals surface area contributed by atoms with E-state index < -0.39 is 6.04 Å². The third-order valence-corrected chi connectivity index (χ3v) is 7.79. The molecule has 0 aliphatic carbocycles. The lowest BCUT2D eigenvalue weighted by molar-refractivity contribution is -0.139. The number of esters is 1. The lowest BCUT2D eigenvalue weighted by atomic mass is 9.84. The van der Waals surface area contributed by atoms with Crippen LogP contribution in [-0.4, -0.2) is 41.0 Å². The molecule has 4 aromatic carbocycles. The Balaban J connectivity index is 1.75. The van der Waals surface area contributed by atoms with Crippen molar-refractivity contribution in [2.45, 2.75) is 25.4 Å². The summed E-state index contributed by atoms with van der Waals surface area (Å²) in [6.07, 6.45) is 0.505. The molecule has 8 heteroatoms. The normalized spacial score (nSPS) is 16.2. The van der Waals surface area contributed by atoms with Gasteiger partial charge in [0.05, 0.1) is 52.7 Å². The first-order valence-corrected chi connectivity index (χ1v) is 14.5. The molecule has 0 amide bonds. The minimum Gasteiger partial charge on any atom is -0.497 e. The van der Waals surface area contributed by atoms with Gasteiger partial charge in [-0.15, -0.1) is 0 Å². The van der Waals surface area contributed by atoms with Gasteiger partial charge in [0, 0.05) is 23.5 Å². The number of ether oxygens (including phenoxy) is 5. The first kappa shape index (κ1) is 30.4. The highest BCUT2D eigenvalue weighted by Crippen LogP contribution is 2.48. The zero-order chi connectivity index (χ0) is 31.1. The molecule has 4 aromatic rings. The molecule has 0 spiro atoms. The van der Waals surface area contributed by atoms with Crippen molar-refractivity contribution in [3.05, 3.63) is 119 Å². The summed E-state index contributed by atoms with van der Waals surface area (Å²) in [4.78, 5) is 16.3. The van der Waals surface area contributed by atoms with Crippen LogP contribution in [0, 0.1) is 0 Å². The van der Waals surface area contributed by atoms with E-state index in [1.54, 1.807) is 28.4 Å². The predicted molar refractivity (Wildman–Crippen MR) is 172 cm³/mol. The van der Waals surface area contributed by atoms with Gasteiger partial charge in [-0.3, -0.25) is 0 Å². The largest absolute Gasteiger partial charge is 0.497 e. The zero-order valence-electron chi connectivity index (χ0n) is 25.7. The molecule has 1 heterocycles. The Morgan fingerprint density at radius 2 is 1.14 bits per heavy atom. The van der Waals surface area contributed by atoms with Crippen LogP contribution in [0.25, 0.3) is 0 Å². The van der Waals surface area contributed by atoms with E-state index in [1.165, 1.54) is 0 Å². The molecule has 8 nitrogen and oxygen atoms in total. The van der Waals surface area contributed by atoms with Crippen LogP contribution in [0.4, 0.5) is 11.4 Å². The standard InChI is InChI=1S/C36H38N2O6/c1-6-44-36(39)34-32(37-26-11-19-30(42-4)20-12-26)23-33(24-7-15-28(40-2)16-8-24)38(27-13-21-31(43-5)22-14-27)35(34)25-9-17-29(41-3)18-10-25/h7-22,33,35,37H,6,23H2,1-5H3. The molecule has 0 saturated carbocycles. The molecule has 1 aliphatic rings. The summed E-state index contributed by atoms with van der Waals surface area (Å²) in [6.45, 7) is 2.07. The third kappa shape index (κ3) is 6.44. The summed E-state index contributed by atoms with van der Waals surface area (Å²) in [6, 6.07) is 30.8. The fraction of sp³-hybridized carbons (Fsp3) is 0.250. The van der Waals surface area contributed by atoms with Gasteiger partial charge < -0.3 is 33.9 Å². The zero-order valence-corrected chi connectivity index (χ0v) is 25.7. The number of hydrogen-bond acceptors (Lipinski definition) is 8. The van der Waals surface area contributed by atoms with E-state index in [2.05, 4.69) is 22.3 Å². The summed E-state index contributed by atoms with van der Waals surface area (Å²) >= 11 is 0. The highest BCUT2D eigenvalue weighted by molar-refractivity contribution is 5.93. The maximum atomic E-state index is 14.0. The van der Waals surface area contributed by atoms with E-state index in [0.717, 1.165) is 51.2 Å². The Bertz CT molecular complexity index is 1570. The monoisotopic (exact) mass is 594 g/mol. The van der Waals surface area contributed by atoms with Gasteiger partial charge in [-0.2, -0.15) is 0 Å². The van der Waals surface area contributed by atoms with Crippen molar-refractivity contribution >= 4 is 17.3 Å². The third-order valence-electron chi connectivity index (χ3n) is 7.79. The molecule has 1 N–H and O–H groups in total. The van der Waals surface area contributed by atoms with Gasteiger partial charge in [-0.05, 0) is 90.8 Å². The second-order valence-electron chi connectivity index (χ2n) is 10.2. The number of nitrogens with zero attached hydrogens (tertiary/aromatic N) is 1. The molecule has 0 fully saturated rings. The lowest BCUT2D eigenvalue weighted by Crippen LogP contribution is -2.41. The number of benzene rings is 4. The van der Waals surface area contributed by atoms with Crippen LogP contribution in [0.2, 0.25) is 0 Å². The fourth-order valence-electron chi connectivity index (χ4n) is 5.60. The maximum absolute atomic E-state index is 14.0. The Hall–Kier alpha value is -5.11. The van der Waals surface area contributed by atoms with Crippen LogP contribution in [-0.2, 0) is 9.53 Å². The van der Waals surface area contributed by atoms with E-state index in [4.69, 9.17) is 23.7 Å². The molecule has 0 saturated heterocycles. The van der Waals surface area contributed by atoms with Crippen molar-refractivity contribution < 1.29 is 28.5 Å². The Morgan fingerprint density at radius 1 is 0.682 bits per heavy atom. The molecular weight excluding hydrogens is 556 g/mol. The molecule has 5 rings (SSSR count). The fourth-order valence-corrected chi connectivity index (χ4v) is 5.60. The van der Waals surface area contributed by atoms with Gasteiger partial charge >= 0.3 is 5.97 Å². The molecular formula is C36H38N2O6. The van der Waals surface area contributed by atoms with Crippen LogP contribution in [0.15, 0.2) is 108 Å². The molecule has 0 aromatic heterocycles. The van der Waals surface area contributed by atoms with Crippen LogP contribution in [0.5, 0.6) is 23.0 Å². The van der Waals surface area contributed by atoms with Crippen molar-refractivity contribution in [2.75, 3.05) is 45.3 Å². The quantitative estimate of drug-likeness (QED) is 0.181. The molecule has 44 heavy (non-hydrogen) atoms. The number of hydrogen-bond donors (Lipinski definition) is 1. The van der Waals surface area contributed by atoms with E-state index in [-0.39, 0.29) is 18.6 Å². The number of nitrogens with one attached hydrogen (secondary N) is 1. The molecule has 228 valence electrons. The minimum atomic E-state index is -0.505. The van der Waals surface area contributed by atoms with E-state index >= 15 is 0 Å². The van der Waals surface area contributed by atoms with Gasteiger partial charge in [-0.25, -0.2) is 4.79 Å². The summed E-state index contributed by atoms with van der Waals surface area (Å²) in [5.41, 5.74) is 5.06. The van der Waals surface area contributed by atoms with E-state index in [9.17, 15) is 4.79 Å². The molecule has 2 atom stereocenters. The van der Waals surface area contributed by atoms with E-state index in [0.29, 0.717) is 12.0 Å². The number of rotatable bonds is 11. The average Bonchev–Trinajstić information content (AvgIpc) is 3.08. The summed E-state index contributed by atoms with van der Waals surface area (Å²) in [7, 11) is 6.58. The van der Waals surface area contributed by atoms with Crippen LogP contribution >= 0.6 is 0 Å². The highest BCUT2D eigenvalue weighted by atomic mass is 16.5. The number of methoxy groups -OCH3 is 4. The Labute approximate surface area is 258 Å². The van der Waals surface area contributed by atoms with Crippen molar-refractivity contribution in [3.8, 4) is 23.0 Å². The van der Waals surface area contributed by atoms with E-state index in [1.807, 2.05) is 91.9 Å². The summed E-state index contributed by atoms with van der Waals surface area (Å²) < 4.78 is 27.5. The number of anilines is 2. The summed E-state index contributed by atoms with van der Waals surface area (Å²) in [5.74, 6) is 2.61. The number of carbonyl (C=O) groups excluding carboxylic acids is 1. The van der Waals surface area contributed by atoms with Crippen molar-refractivity contribution in [1.29, 1.82) is 0 Å². The van der Waals surface area contributed by atoms with Crippen molar-refractivity contribution in [3.63, 3.8) is 0 Å². The average molecular weight is 595 g/mol. The lowest BCUT2D eigenvalue weighted by Gasteiger charge is -2.46. The van der Waals surface area contributed by atoms with Crippen molar-refractivity contribution in [1.82, 2.24) is 0 Å². The minimum absolute atomic E-state index is 0.166. The van der Waals surface area contributed by atoms with Crippen LogP contribution in [0.1, 0.15) is 36.6 Å². The first-order chi connectivity index (χ1) is 21.5. The Morgan fingerprint density at radius 3 is 1.61 bits per heavy atom. The van der Waals surface area contributed by atoms with Crippen LogP contribution < -0.4 is 29.2 Å². The SMILES string of the molecule is CCOC(=O)C1=C(Nc2ccc(OC)cc2)CC(c2ccc(OC)cc2)N(c2ccc(OC)cc2)C1c1ccc(OC)cc1. The van der Waals surface area contributed by atoms with Crippen LogP contribution in [0.3, 0.4) is 0 Å². The van der Waals surface area contributed by atoms with Gasteiger partial charge in [0.2, 0.25) is 0 Å². The smallest absolute Gasteiger partial charge is 0.338 e. The molecule has 0 radical (unpaired) electrons. The van der Waals surface area contributed by atoms with Gasteiger partial charge in [0.1, 0.15) is 23.0 Å². The maximum Gasteiger partial charge on any atom is 0.338 e. The second kappa shape index (κ2) is 13.9. The van der Waals surface area contributed by atoms with Gasteiger partial charge in [-0.1, -0.05) is 24.3 Å². The first-order valence-electron chi connectivity index (χ1n) is 14.5. The second-order valence-corrected chi connectivity index (χ2v) is 10.2. The highest BCUT2D eigenvalue weighted by Gasteiger charge is 2.42. The Kier molecular flexibility index (Phi) is 9.59. The van der Waals surface area contributed by atoms with Gasteiger partial charge in [0.15, 0.2) is 0 Å². The number of carbonyl (C=O) groups is 1. The van der Waals surface area contributed by atoms with Gasteiger partial charge in [0.25, 0.3) is 0 Å². The van der Waals surface area contributed by atoms with Crippen molar-refractivity contribution in [2.24, 2.45) is 0 Å². The molecule has 2 unspecified atom stereocenters.